The highest BCUT2D eigenvalue weighted by Gasteiger charge is 2.14. The molecule has 1 aliphatic heterocycles. The summed E-state index contributed by atoms with van der Waals surface area (Å²) >= 11 is 7.33. The third-order valence-electron chi connectivity index (χ3n) is 3.92. The van der Waals surface area contributed by atoms with Gasteiger partial charge in [-0.3, -0.25) is 9.56 Å². The monoisotopic (exact) mass is 367 g/mol. The van der Waals surface area contributed by atoms with Crippen LogP contribution in [0.4, 0.5) is 11.4 Å². The molecule has 2 aromatic carbocycles. The Morgan fingerprint density at radius 1 is 1.16 bits per heavy atom. The minimum absolute atomic E-state index is 0.183. The SMILES string of the molecule is Cn1c(O)c(/C=C2\C=Nc3ccccc32)sc1=Nc1ccc(Cl)cc1. The van der Waals surface area contributed by atoms with Crippen LogP contribution in [0.2, 0.25) is 5.02 Å². The number of thiazole rings is 1. The minimum atomic E-state index is 0.183. The van der Waals surface area contributed by atoms with Crippen molar-refractivity contribution in [3.8, 4) is 5.88 Å². The number of rotatable bonds is 2. The van der Waals surface area contributed by atoms with E-state index in [4.69, 9.17) is 11.6 Å². The maximum atomic E-state index is 10.5. The molecule has 0 unspecified atom stereocenters. The van der Waals surface area contributed by atoms with E-state index in [9.17, 15) is 5.11 Å². The number of hydrogen-bond acceptors (Lipinski definition) is 4. The lowest BCUT2D eigenvalue weighted by atomic mass is 10.1. The highest BCUT2D eigenvalue weighted by molar-refractivity contribution is 7.10. The van der Waals surface area contributed by atoms with Gasteiger partial charge < -0.3 is 5.11 Å². The normalized spacial score (nSPS) is 15.1. The van der Waals surface area contributed by atoms with Gasteiger partial charge >= 0.3 is 0 Å². The molecule has 0 amide bonds. The second-order valence-corrected chi connectivity index (χ2v) is 7.04. The molecule has 4 nitrogen and oxygen atoms in total. The molecule has 1 N–H and O–H groups in total. The Morgan fingerprint density at radius 3 is 2.72 bits per heavy atom. The fraction of sp³-hybridized carbons (Fsp3) is 0.0526. The molecule has 0 radical (unpaired) electrons. The fourth-order valence-electron chi connectivity index (χ4n) is 2.58. The van der Waals surface area contributed by atoms with Crippen molar-refractivity contribution in [2.24, 2.45) is 17.0 Å². The average molecular weight is 368 g/mol. The summed E-state index contributed by atoms with van der Waals surface area (Å²) in [6.45, 7) is 0. The van der Waals surface area contributed by atoms with Crippen molar-refractivity contribution < 1.29 is 5.11 Å². The second-order valence-electron chi connectivity index (χ2n) is 5.59. The average Bonchev–Trinajstić information content (AvgIpc) is 3.14. The molecule has 2 heterocycles. The number of aliphatic imine (C=N–C) groups is 1. The van der Waals surface area contributed by atoms with E-state index in [-0.39, 0.29) is 5.88 Å². The molecule has 0 saturated heterocycles. The Hall–Kier alpha value is -2.63. The van der Waals surface area contributed by atoms with E-state index >= 15 is 0 Å². The molecule has 25 heavy (non-hydrogen) atoms. The lowest BCUT2D eigenvalue weighted by Crippen LogP contribution is -2.08. The molecule has 6 heteroatoms. The Balaban J connectivity index is 1.77. The first-order valence-electron chi connectivity index (χ1n) is 7.66. The lowest BCUT2D eigenvalue weighted by Gasteiger charge is -1.98. The van der Waals surface area contributed by atoms with Crippen molar-refractivity contribution >= 4 is 52.2 Å². The molecule has 0 aliphatic carbocycles. The molecule has 1 aliphatic rings. The number of benzene rings is 2. The molecular weight excluding hydrogens is 354 g/mol. The van der Waals surface area contributed by atoms with Gasteiger partial charge in [0.2, 0.25) is 5.88 Å². The van der Waals surface area contributed by atoms with E-state index in [0.29, 0.717) is 9.82 Å². The number of fused-ring (bicyclic) bond motifs is 1. The molecule has 1 aromatic heterocycles. The summed E-state index contributed by atoms with van der Waals surface area (Å²) in [7, 11) is 1.79. The maximum absolute atomic E-state index is 10.5. The quantitative estimate of drug-likeness (QED) is 0.685. The number of para-hydroxylation sites is 1. The summed E-state index contributed by atoms with van der Waals surface area (Å²) in [5.41, 5.74) is 3.77. The number of aromatic hydroxyl groups is 1. The molecule has 124 valence electrons. The second kappa shape index (κ2) is 6.35. The topological polar surface area (TPSA) is 49.9 Å². The summed E-state index contributed by atoms with van der Waals surface area (Å²) in [5.74, 6) is 0.183. The lowest BCUT2D eigenvalue weighted by molar-refractivity contribution is 0.427. The number of halogens is 1. The highest BCUT2D eigenvalue weighted by Crippen LogP contribution is 2.34. The first-order valence-corrected chi connectivity index (χ1v) is 8.85. The Morgan fingerprint density at radius 2 is 1.92 bits per heavy atom. The Bertz CT molecular complexity index is 1070. The van der Waals surface area contributed by atoms with Crippen molar-refractivity contribution in [3.63, 3.8) is 0 Å². The van der Waals surface area contributed by atoms with Crippen LogP contribution in [-0.2, 0) is 7.05 Å². The highest BCUT2D eigenvalue weighted by atomic mass is 35.5. The van der Waals surface area contributed by atoms with Gasteiger partial charge in [-0.2, -0.15) is 0 Å². The van der Waals surface area contributed by atoms with E-state index in [1.54, 1.807) is 23.7 Å². The van der Waals surface area contributed by atoms with Crippen molar-refractivity contribution in [1.82, 2.24) is 4.57 Å². The molecular formula is C19H14ClN3OS. The van der Waals surface area contributed by atoms with Crippen LogP contribution in [-0.4, -0.2) is 15.9 Å². The van der Waals surface area contributed by atoms with Crippen molar-refractivity contribution in [2.75, 3.05) is 0 Å². The van der Waals surface area contributed by atoms with Crippen molar-refractivity contribution in [1.29, 1.82) is 0 Å². The van der Waals surface area contributed by atoms with E-state index in [0.717, 1.165) is 27.4 Å². The van der Waals surface area contributed by atoms with Gasteiger partial charge in [-0.05, 0) is 36.4 Å². The fourth-order valence-corrected chi connectivity index (χ4v) is 3.69. The predicted octanol–water partition coefficient (Wildman–Crippen LogP) is 4.93. The van der Waals surface area contributed by atoms with Crippen LogP contribution in [0, 0.1) is 0 Å². The number of aromatic nitrogens is 1. The van der Waals surface area contributed by atoms with Crippen LogP contribution in [0.5, 0.6) is 5.88 Å². The van der Waals surface area contributed by atoms with Gasteiger partial charge in [0.1, 0.15) is 0 Å². The summed E-state index contributed by atoms with van der Waals surface area (Å²) < 4.78 is 1.67. The summed E-state index contributed by atoms with van der Waals surface area (Å²) in [4.78, 5) is 10.4. The molecule has 3 aromatic rings. The summed E-state index contributed by atoms with van der Waals surface area (Å²) in [6.07, 6.45) is 3.76. The van der Waals surface area contributed by atoms with Crippen molar-refractivity contribution in [2.45, 2.75) is 0 Å². The first-order chi connectivity index (χ1) is 12.1. The molecule has 0 saturated carbocycles. The minimum Gasteiger partial charge on any atom is -0.493 e. The zero-order valence-electron chi connectivity index (χ0n) is 13.3. The third-order valence-corrected chi connectivity index (χ3v) is 5.24. The van der Waals surface area contributed by atoms with Gasteiger partial charge in [0.15, 0.2) is 4.80 Å². The van der Waals surface area contributed by atoms with Gasteiger partial charge in [0.25, 0.3) is 0 Å². The number of allylic oxidation sites excluding steroid dienone is 1. The molecule has 0 bridgehead atoms. The predicted molar refractivity (Wildman–Crippen MR) is 104 cm³/mol. The van der Waals surface area contributed by atoms with Gasteiger partial charge in [-0.15, -0.1) is 0 Å². The molecule has 0 fully saturated rings. The van der Waals surface area contributed by atoms with Crippen LogP contribution in [0.3, 0.4) is 0 Å². The standard InChI is InChI=1S/C19H14ClN3OS/c1-23-18(24)17(10-12-11-21-16-5-3-2-4-15(12)16)25-19(23)22-14-8-6-13(20)7-9-14/h2-11,24H,1H3/b12-10+,22-19?. The summed E-state index contributed by atoms with van der Waals surface area (Å²) in [5, 5.41) is 11.1. The summed E-state index contributed by atoms with van der Waals surface area (Å²) in [6, 6.07) is 15.2. The van der Waals surface area contributed by atoms with Crippen LogP contribution >= 0.6 is 22.9 Å². The van der Waals surface area contributed by atoms with Crippen LogP contribution in [0.15, 0.2) is 58.5 Å². The number of nitrogens with zero attached hydrogens (tertiary/aromatic N) is 3. The van der Waals surface area contributed by atoms with Crippen molar-refractivity contribution in [3.05, 3.63) is 68.8 Å². The van der Waals surface area contributed by atoms with Crippen LogP contribution < -0.4 is 4.80 Å². The van der Waals surface area contributed by atoms with E-state index in [1.807, 2.05) is 48.7 Å². The van der Waals surface area contributed by atoms with Gasteiger partial charge in [0, 0.05) is 29.4 Å². The van der Waals surface area contributed by atoms with Gasteiger partial charge in [0.05, 0.1) is 16.3 Å². The Labute approximate surface area is 153 Å². The van der Waals surface area contributed by atoms with E-state index < -0.39 is 0 Å². The molecule has 0 spiro atoms. The third kappa shape index (κ3) is 3.04. The van der Waals surface area contributed by atoms with Crippen LogP contribution in [0.1, 0.15) is 10.4 Å². The largest absolute Gasteiger partial charge is 0.493 e. The van der Waals surface area contributed by atoms with Gasteiger partial charge in [-0.25, -0.2) is 4.99 Å². The maximum Gasteiger partial charge on any atom is 0.210 e. The van der Waals surface area contributed by atoms with Gasteiger partial charge in [-0.1, -0.05) is 41.1 Å². The van der Waals surface area contributed by atoms with Crippen LogP contribution in [0.25, 0.3) is 11.6 Å². The Kier molecular flexibility index (Phi) is 4.03. The first kappa shape index (κ1) is 15.9. The molecule has 4 rings (SSSR count). The zero-order valence-corrected chi connectivity index (χ0v) is 14.9. The molecule has 0 atom stereocenters. The van der Waals surface area contributed by atoms with E-state index in [1.165, 1.54) is 11.3 Å². The zero-order chi connectivity index (χ0) is 17.4. The number of hydrogen-bond donors (Lipinski definition) is 1. The smallest absolute Gasteiger partial charge is 0.210 e. The van der Waals surface area contributed by atoms with E-state index in [2.05, 4.69) is 9.98 Å².